The molecule has 2 fully saturated rings. The standard InChI is InChI=1S/C22H24ClNO4/c1-27-16-8-6-15(7-9-16)22(10-11-22)21(26)24-12-13-28-19(14-25)20(24)17-4-2-3-5-18(17)23/h2-9,19-20,25H,10-14H2,1H3/t19-,20-/m0/s1. The highest BCUT2D eigenvalue weighted by Gasteiger charge is 2.55. The van der Waals surface area contributed by atoms with Crippen molar-refractivity contribution in [2.45, 2.75) is 30.4 Å². The van der Waals surface area contributed by atoms with Crippen LogP contribution in [-0.2, 0) is 14.9 Å². The molecule has 5 nitrogen and oxygen atoms in total. The van der Waals surface area contributed by atoms with E-state index in [9.17, 15) is 9.90 Å². The molecule has 0 bridgehead atoms. The maximum atomic E-state index is 13.7. The molecule has 0 unspecified atom stereocenters. The van der Waals surface area contributed by atoms with Gasteiger partial charge in [-0.3, -0.25) is 4.79 Å². The van der Waals surface area contributed by atoms with Crippen molar-refractivity contribution in [3.05, 3.63) is 64.7 Å². The summed E-state index contributed by atoms with van der Waals surface area (Å²) in [6.07, 6.45) is 1.13. The van der Waals surface area contributed by atoms with Crippen molar-refractivity contribution in [2.24, 2.45) is 0 Å². The second kappa shape index (κ2) is 7.74. The lowest BCUT2D eigenvalue weighted by atomic mass is 9.91. The zero-order valence-electron chi connectivity index (χ0n) is 15.8. The molecule has 0 aromatic heterocycles. The van der Waals surface area contributed by atoms with Gasteiger partial charge in [-0.1, -0.05) is 41.9 Å². The van der Waals surface area contributed by atoms with Crippen molar-refractivity contribution in [1.82, 2.24) is 4.90 Å². The zero-order valence-corrected chi connectivity index (χ0v) is 16.6. The molecule has 1 heterocycles. The van der Waals surface area contributed by atoms with Crippen molar-refractivity contribution < 1.29 is 19.4 Å². The lowest BCUT2D eigenvalue weighted by Gasteiger charge is -2.42. The molecule has 1 N–H and O–H groups in total. The van der Waals surface area contributed by atoms with E-state index in [4.69, 9.17) is 21.1 Å². The SMILES string of the molecule is COc1ccc(C2(C(=O)N3CCO[C@@H](CO)[C@@H]3c3ccccc3Cl)CC2)cc1. The molecule has 6 heteroatoms. The topological polar surface area (TPSA) is 59.0 Å². The lowest BCUT2D eigenvalue weighted by molar-refractivity contribution is -0.152. The van der Waals surface area contributed by atoms with Crippen LogP contribution in [0.15, 0.2) is 48.5 Å². The van der Waals surface area contributed by atoms with Crippen molar-refractivity contribution >= 4 is 17.5 Å². The summed E-state index contributed by atoms with van der Waals surface area (Å²) in [5.41, 5.74) is 1.30. The average molecular weight is 402 g/mol. The van der Waals surface area contributed by atoms with Crippen LogP contribution in [0, 0.1) is 0 Å². The van der Waals surface area contributed by atoms with E-state index in [2.05, 4.69) is 0 Å². The van der Waals surface area contributed by atoms with Crippen molar-refractivity contribution in [3.8, 4) is 5.75 Å². The molecule has 2 atom stereocenters. The molecule has 2 aromatic carbocycles. The number of carbonyl (C=O) groups is 1. The Morgan fingerprint density at radius 3 is 2.57 bits per heavy atom. The normalized spacial score (nSPS) is 23.3. The van der Waals surface area contributed by atoms with Gasteiger partial charge in [-0.2, -0.15) is 0 Å². The van der Waals surface area contributed by atoms with Crippen LogP contribution in [0.4, 0.5) is 0 Å². The summed E-state index contributed by atoms with van der Waals surface area (Å²) < 4.78 is 11.0. The van der Waals surface area contributed by atoms with Gasteiger partial charge in [-0.05, 0) is 42.2 Å². The van der Waals surface area contributed by atoms with Crippen LogP contribution in [0.2, 0.25) is 5.02 Å². The van der Waals surface area contributed by atoms with Crippen LogP contribution in [0.5, 0.6) is 5.75 Å². The quantitative estimate of drug-likeness (QED) is 0.834. The second-order valence-electron chi connectivity index (χ2n) is 7.37. The smallest absolute Gasteiger partial charge is 0.233 e. The van der Waals surface area contributed by atoms with E-state index in [1.807, 2.05) is 47.4 Å². The number of benzene rings is 2. The Morgan fingerprint density at radius 2 is 1.96 bits per heavy atom. The Kier molecular flexibility index (Phi) is 5.32. The molecular formula is C22H24ClNO4. The number of rotatable bonds is 5. The van der Waals surface area contributed by atoms with Gasteiger partial charge in [0.2, 0.25) is 5.91 Å². The largest absolute Gasteiger partial charge is 0.497 e. The fourth-order valence-electron chi connectivity index (χ4n) is 4.13. The van der Waals surface area contributed by atoms with Crippen LogP contribution in [0.1, 0.15) is 30.0 Å². The highest BCUT2D eigenvalue weighted by atomic mass is 35.5. The van der Waals surface area contributed by atoms with Crippen LogP contribution < -0.4 is 4.74 Å². The third-order valence-electron chi connectivity index (χ3n) is 5.82. The Labute approximate surface area is 169 Å². The van der Waals surface area contributed by atoms with E-state index in [0.29, 0.717) is 18.2 Å². The first kappa shape index (κ1) is 19.2. The number of hydrogen-bond acceptors (Lipinski definition) is 4. The van der Waals surface area contributed by atoms with E-state index in [1.54, 1.807) is 13.2 Å². The number of morpholine rings is 1. The molecule has 1 saturated carbocycles. The summed E-state index contributed by atoms with van der Waals surface area (Å²) in [5, 5.41) is 10.5. The van der Waals surface area contributed by atoms with Gasteiger partial charge in [0.1, 0.15) is 11.9 Å². The summed E-state index contributed by atoms with van der Waals surface area (Å²) in [6.45, 7) is 0.703. The molecule has 0 spiro atoms. The van der Waals surface area contributed by atoms with Gasteiger partial charge < -0.3 is 19.5 Å². The monoisotopic (exact) mass is 401 g/mol. The van der Waals surface area contributed by atoms with E-state index in [1.165, 1.54) is 0 Å². The molecule has 148 valence electrons. The molecule has 4 rings (SSSR count). The van der Waals surface area contributed by atoms with Gasteiger partial charge in [0.25, 0.3) is 0 Å². The van der Waals surface area contributed by atoms with Gasteiger partial charge in [-0.15, -0.1) is 0 Å². The summed E-state index contributed by atoms with van der Waals surface area (Å²) in [4.78, 5) is 15.6. The molecule has 2 aliphatic rings. The predicted molar refractivity (Wildman–Crippen MR) is 107 cm³/mol. The fourth-order valence-corrected chi connectivity index (χ4v) is 4.38. The number of carbonyl (C=O) groups excluding carboxylic acids is 1. The molecular weight excluding hydrogens is 378 g/mol. The Bertz CT molecular complexity index is 850. The number of hydrogen-bond donors (Lipinski definition) is 1. The van der Waals surface area contributed by atoms with Crippen LogP contribution >= 0.6 is 11.6 Å². The summed E-state index contributed by atoms with van der Waals surface area (Å²) in [5.74, 6) is 0.844. The molecule has 28 heavy (non-hydrogen) atoms. The molecule has 1 saturated heterocycles. The first-order chi connectivity index (χ1) is 13.6. The zero-order chi connectivity index (χ0) is 19.7. The maximum absolute atomic E-state index is 13.7. The minimum atomic E-state index is -0.511. The lowest BCUT2D eigenvalue weighted by Crippen LogP contribution is -2.52. The second-order valence-corrected chi connectivity index (χ2v) is 7.77. The minimum absolute atomic E-state index is 0.0735. The Morgan fingerprint density at radius 1 is 1.25 bits per heavy atom. The molecule has 1 aliphatic carbocycles. The molecule has 1 aliphatic heterocycles. The van der Waals surface area contributed by atoms with Gasteiger partial charge in [0, 0.05) is 11.6 Å². The summed E-state index contributed by atoms with van der Waals surface area (Å²) in [6, 6.07) is 14.8. The van der Waals surface area contributed by atoms with E-state index >= 15 is 0 Å². The maximum Gasteiger partial charge on any atom is 0.233 e. The molecule has 0 radical (unpaired) electrons. The Balaban J connectivity index is 1.68. The minimum Gasteiger partial charge on any atom is -0.497 e. The third kappa shape index (κ3) is 3.28. The fraction of sp³-hybridized carbons (Fsp3) is 0.409. The number of ether oxygens (including phenoxy) is 2. The summed E-state index contributed by atoms with van der Waals surface area (Å²) >= 11 is 6.44. The number of aliphatic hydroxyl groups excluding tert-OH is 1. The first-order valence-electron chi connectivity index (χ1n) is 9.53. The van der Waals surface area contributed by atoms with Gasteiger partial charge >= 0.3 is 0 Å². The first-order valence-corrected chi connectivity index (χ1v) is 9.91. The van der Waals surface area contributed by atoms with Gasteiger partial charge in [0.05, 0.1) is 31.8 Å². The molecule has 1 amide bonds. The van der Waals surface area contributed by atoms with Crippen molar-refractivity contribution in [2.75, 3.05) is 26.9 Å². The molecule has 2 aromatic rings. The van der Waals surface area contributed by atoms with Crippen molar-refractivity contribution in [3.63, 3.8) is 0 Å². The van der Waals surface area contributed by atoms with E-state index in [-0.39, 0.29) is 12.5 Å². The number of halogens is 1. The van der Waals surface area contributed by atoms with Gasteiger partial charge in [0.15, 0.2) is 0 Å². The Hall–Kier alpha value is -2.08. The van der Waals surface area contributed by atoms with Crippen molar-refractivity contribution in [1.29, 1.82) is 0 Å². The third-order valence-corrected chi connectivity index (χ3v) is 6.16. The highest BCUT2D eigenvalue weighted by molar-refractivity contribution is 6.31. The van der Waals surface area contributed by atoms with E-state index in [0.717, 1.165) is 29.7 Å². The number of amides is 1. The van der Waals surface area contributed by atoms with Crippen LogP contribution in [0.25, 0.3) is 0 Å². The van der Waals surface area contributed by atoms with Gasteiger partial charge in [-0.25, -0.2) is 0 Å². The average Bonchev–Trinajstić information content (AvgIpc) is 3.55. The highest BCUT2D eigenvalue weighted by Crippen LogP contribution is 2.51. The number of aliphatic hydroxyl groups is 1. The summed E-state index contributed by atoms with van der Waals surface area (Å²) in [7, 11) is 1.63. The number of nitrogens with zero attached hydrogens (tertiary/aromatic N) is 1. The van der Waals surface area contributed by atoms with Crippen LogP contribution in [0.3, 0.4) is 0 Å². The van der Waals surface area contributed by atoms with Crippen LogP contribution in [-0.4, -0.2) is 48.9 Å². The van der Waals surface area contributed by atoms with E-state index < -0.39 is 17.6 Å². The number of methoxy groups -OCH3 is 1. The predicted octanol–water partition coefficient (Wildman–Crippen LogP) is 3.34.